The number of aromatic nitrogens is 2. The van der Waals surface area contributed by atoms with E-state index < -0.39 is 6.10 Å². The van der Waals surface area contributed by atoms with Gasteiger partial charge in [-0.2, -0.15) is 5.10 Å². The molecular weight excluding hydrogens is 255 g/mol. The number of halogens is 1. The molecular formula is C16H21FN2O. The monoisotopic (exact) mass is 276 g/mol. The molecule has 1 unspecified atom stereocenters. The largest absolute Gasteiger partial charge is 0.389 e. The number of rotatable bonds is 3. The first-order valence-electron chi connectivity index (χ1n) is 6.90. The van der Waals surface area contributed by atoms with E-state index in [0.29, 0.717) is 11.1 Å². The molecule has 1 atom stereocenters. The molecule has 0 fully saturated rings. The minimum atomic E-state index is -0.742. The molecule has 1 heterocycles. The first-order valence-corrected chi connectivity index (χ1v) is 6.90. The zero-order chi connectivity index (χ0) is 15.0. The second kappa shape index (κ2) is 5.37. The van der Waals surface area contributed by atoms with Crippen molar-refractivity contribution in [1.82, 2.24) is 9.78 Å². The summed E-state index contributed by atoms with van der Waals surface area (Å²) in [5.41, 5.74) is 5.07. The molecule has 0 saturated heterocycles. The van der Waals surface area contributed by atoms with Crippen molar-refractivity contribution in [2.45, 2.75) is 47.1 Å². The maximum Gasteiger partial charge on any atom is 0.126 e. The Bertz CT molecular complexity index is 644. The van der Waals surface area contributed by atoms with Crippen LogP contribution in [0.3, 0.4) is 0 Å². The fourth-order valence-electron chi connectivity index (χ4n) is 2.62. The topological polar surface area (TPSA) is 38.0 Å². The fourth-order valence-corrected chi connectivity index (χ4v) is 2.62. The van der Waals surface area contributed by atoms with Gasteiger partial charge in [0.25, 0.3) is 0 Å². The van der Waals surface area contributed by atoms with Gasteiger partial charge in [0.05, 0.1) is 17.5 Å². The van der Waals surface area contributed by atoms with Crippen molar-refractivity contribution in [2.75, 3.05) is 0 Å². The van der Waals surface area contributed by atoms with Crippen LogP contribution >= 0.6 is 0 Å². The average molecular weight is 276 g/mol. The van der Waals surface area contributed by atoms with Gasteiger partial charge >= 0.3 is 0 Å². The molecule has 0 spiro atoms. The molecule has 0 radical (unpaired) electrons. The van der Waals surface area contributed by atoms with Gasteiger partial charge in [0.1, 0.15) is 5.82 Å². The molecule has 1 N–H and O–H groups in total. The molecule has 108 valence electrons. The van der Waals surface area contributed by atoms with Crippen molar-refractivity contribution < 1.29 is 9.50 Å². The first kappa shape index (κ1) is 14.7. The third kappa shape index (κ3) is 2.36. The molecule has 0 saturated carbocycles. The number of benzene rings is 1. The molecule has 0 aliphatic heterocycles. The van der Waals surface area contributed by atoms with E-state index in [1.54, 1.807) is 19.9 Å². The van der Waals surface area contributed by atoms with Gasteiger partial charge in [-0.15, -0.1) is 0 Å². The lowest BCUT2D eigenvalue weighted by atomic mass is 10.0. The van der Waals surface area contributed by atoms with Gasteiger partial charge in [-0.05, 0) is 57.4 Å². The smallest absolute Gasteiger partial charge is 0.126 e. The third-order valence-corrected chi connectivity index (χ3v) is 3.78. The highest BCUT2D eigenvalue weighted by Crippen LogP contribution is 2.27. The maximum atomic E-state index is 13.7. The van der Waals surface area contributed by atoms with Gasteiger partial charge in [-0.1, -0.05) is 6.92 Å². The molecule has 0 aliphatic carbocycles. The highest BCUT2D eigenvalue weighted by atomic mass is 19.1. The van der Waals surface area contributed by atoms with E-state index in [1.807, 2.05) is 18.5 Å². The summed E-state index contributed by atoms with van der Waals surface area (Å²) in [5, 5.41) is 14.4. The Morgan fingerprint density at radius 3 is 2.45 bits per heavy atom. The second-order valence-electron chi connectivity index (χ2n) is 5.25. The molecule has 2 rings (SSSR count). The summed E-state index contributed by atoms with van der Waals surface area (Å²) in [7, 11) is 0. The van der Waals surface area contributed by atoms with Crippen molar-refractivity contribution in [1.29, 1.82) is 0 Å². The Kier molecular flexibility index (Phi) is 3.95. The SMILES string of the molecule is CCc1c(C)nn(-c2cc(C)c(F)cc2C(C)O)c1C. The number of aliphatic hydroxyl groups is 1. The molecule has 0 aliphatic rings. The molecule has 0 amide bonds. The summed E-state index contributed by atoms with van der Waals surface area (Å²) in [6.07, 6.45) is 0.163. The van der Waals surface area contributed by atoms with Crippen LogP contribution in [0.5, 0.6) is 0 Å². The van der Waals surface area contributed by atoms with E-state index in [0.717, 1.165) is 23.5 Å². The second-order valence-corrected chi connectivity index (χ2v) is 5.25. The highest BCUT2D eigenvalue weighted by Gasteiger charge is 2.18. The van der Waals surface area contributed by atoms with Crippen LogP contribution in [0.1, 0.15) is 48.0 Å². The third-order valence-electron chi connectivity index (χ3n) is 3.78. The van der Waals surface area contributed by atoms with Crippen molar-refractivity contribution in [3.63, 3.8) is 0 Å². The first-order chi connectivity index (χ1) is 9.36. The lowest BCUT2D eigenvalue weighted by Crippen LogP contribution is -2.07. The minimum absolute atomic E-state index is 0.304. The van der Waals surface area contributed by atoms with Crippen LogP contribution < -0.4 is 0 Å². The van der Waals surface area contributed by atoms with Gasteiger partial charge in [0.2, 0.25) is 0 Å². The summed E-state index contributed by atoms with van der Waals surface area (Å²) >= 11 is 0. The summed E-state index contributed by atoms with van der Waals surface area (Å²) in [4.78, 5) is 0. The number of aryl methyl sites for hydroxylation is 2. The standard InChI is InChI=1S/C16H21FN2O/c1-6-13-10(3)18-19(11(13)4)16-7-9(2)15(17)8-14(16)12(5)20/h7-8,12,20H,6H2,1-5H3. The Balaban J connectivity index is 2.72. The normalized spacial score (nSPS) is 12.8. The molecule has 20 heavy (non-hydrogen) atoms. The van der Waals surface area contributed by atoms with Crippen LogP contribution in [0.25, 0.3) is 5.69 Å². The predicted molar refractivity (Wildman–Crippen MR) is 77.7 cm³/mol. The number of hydrogen-bond donors (Lipinski definition) is 1. The molecule has 3 nitrogen and oxygen atoms in total. The fraction of sp³-hybridized carbons (Fsp3) is 0.438. The molecule has 1 aromatic carbocycles. The highest BCUT2D eigenvalue weighted by molar-refractivity contribution is 5.47. The Labute approximate surface area is 119 Å². The molecule has 0 bridgehead atoms. The Morgan fingerprint density at radius 2 is 1.95 bits per heavy atom. The molecule has 4 heteroatoms. The predicted octanol–water partition coefficient (Wildman–Crippen LogP) is 3.55. The van der Waals surface area contributed by atoms with Crippen molar-refractivity contribution in [2.24, 2.45) is 0 Å². The maximum absolute atomic E-state index is 13.7. The Hall–Kier alpha value is -1.68. The van der Waals surface area contributed by atoms with Gasteiger partial charge in [0, 0.05) is 11.3 Å². The van der Waals surface area contributed by atoms with Gasteiger partial charge in [-0.3, -0.25) is 0 Å². The van der Waals surface area contributed by atoms with Crippen LogP contribution in [0, 0.1) is 26.6 Å². The van der Waals surface area contributed by atoms with E-state index in [1.165, 1.54) is 11.6 Å². The lowest BCUT2D eigenvalue weighted by molar-refractivity contribution is 0.198. The number of nitrogens with zero attached hydrogens (tertiary/aromatic N) is 2. The van der Waals surface area contributed by atoms with E-state index in [-0.39, 0.29) is 5.82 Å². The van der Waals surface area contributed by atoms with Crippen molar-refractivity contribution in [3.05, 3.63) is 46.0 Å². The Morgan fingerprint density at radius 1 is 1.30 bits per heavy atom. The number of aliphatic hydroxyl groups excluding tert-OH is 1. The van der Waals surface area contributed by atoms with E-state index >= 15 is 0 Å². The molecule has 1 aromatic heterocycles. The molecule has 2 aromatic rings. The van der Waals surface area contributed by atoms with Crippen molar-refractivity contribution >= 4 is 0 Å². The summed E-state index contributed by atoms with van der Waals surface area (Å²) in [5.74, 6) is -0.304. The van der Waals surface area contributed by atoms with Crippen LogP contribution in [0.15, 0.2) is 12.1 Å². The van der Waals surface area contributed by atoms with Gasteiger partial charge < -0.3 is 5.11 Å². The lowest BCUT2D eigenvalue weighted by Gasteiger charge is -2.15. The summed E-state index contributed by atoms with van der Waals surface area (Å²) in [6.45, 7) is 9.42. The quantitative estimate of drug-likeness (QED) is 0.931. The number of hydrogen-bond acceptors (Lipinski definition) is 2. The van der Waals surface area contributed by atoms with Crippen LogP contribution in [0.4, 0.5) is 4.39 Å². The summed E-state index contributed by atoms with van der Waals surface area (Å²) < 4.78 is 15.6. The zero-order valence-corrected chi connectivity index (χ0v) is 12.7. The van der Waals surface area contributed by atoms with Gasteiger partial charge in [0.15, 0.2) is 0 Å². The zero-order valence-electron chi connectivity index (χ0n) is 12.7. The average Bonchev–Trinajstić information content (AvgIpc) is 2.66. The van der Waals surface area contributed by atoms with E-state index in [9.17, 15) is 9.50 Å². The van der Waals surface area contributed by atoms with Gasteiger partial charge in [-0.25, -0.2) is 9.07 Å². The van der Waals surface area contributed by atoms with Crippen LogP contribution in [-0.4, -0.2) is 14.9 Å². The van der Waals surface area contributed by atoms with E-state index in [2.05, 4.69) is 12.0 Å². The van der Waals surface area contributed by atoms with E-state index in [4.69, 9.17) is 0 Å². The minimum Gasteiger partial charge on any atom is -0.389 e. The summed E-state index contributed by atoms with van der Waals surface area (Å²) in [6, 6.07) is 3.15. The van der Waals surface area contributed by atoms with Crippen molar-refractivity contribution in [3.8, 4) is 5.69 Å². The van der Waals surface area contributed by atoms with Crippen LogP contribution in [0.2, 0.25) is 0 Å². The van der Waals surface area contributed by atoms with Crippen LogP contribution in [-0.2, 0) is 6.42 Å².